The summed E-state index contributed by atoms with van der Waals surface area (Å²) in [5, 5.41) is 15.3. The van der Waals surface area contributed by atoms with Crippen LogP contribution in [0.3, 0.4) is 0 Å². The fourth-order valence-corrected chi connectivity index (χ4v) is 4.20. The largest absolute Gasteiger partial charge is 0.490 e. The molecule has 6 nitrogen and oxygen atoms in total. The molecule has 1 aromatic heterocycles. The maximum absolute atomic E-state index is 13.5. The van der Waals surface area contributed by atoms with Crippen LogP contribution >= 0.6 is 0 Å². The van der Waals surface area contributed by atoms with Crippen LogP contribution in [-0.4, -0.2) is 40.1 Å². The minimum atomic E-state index is -1.13. The number of aromatic nitrogens is 2. The SMILES string of the molecule is CC(C)[C@H]1c2ccc(F)cc2OC[C@]1(O)CC=NOCCc1nc2ccccc2[nH]1. The Labute approximate surface area is 174 Å². The molecular formula is C23H26FN3O3. The van der Waals surface area contributed by atoms with Gasteiger partial charge in [0.15, 0.2) is 0 Å². The average molecular weight is 411 g/mol. The number of oxime groups is 1. The van der Waals surface area contributed by atoms with Crippen LogP contribution in [0.4, 0.5) is 4.39 Å². The van der Waals surface area contributed by atoms with E-state index in [9.17, 15) is 9.50 Å². The molecule has 158 valence electrons. The Bertz CT molecular complexity index is 1020. The lowest BCUT2D eigenvalue weighted by atomic mass is 9.72. The van der Waals surface area contributed by atoms with Gasteiger partial charge in [0.1, 0.15) is 36.2 Å². The third-order valence-corrected chi connectivity index (χ3v) is 5.50. The number of hydrogen-bond donors (Lipinski definition) is 2. The molecule has 0 amide bonds. The topological polar surface area (TPSA) is 79.7 Å². The van der Waals surface area contributed by atoms with E-state index in [4.69, 9.17) is 9.57 Å². The first-order chi connectivity index (χ1) is 14.5. The lowest BCUT2D eigenvalue weighted by Gasteiger charge is -2.42. The zero-order valence-corrected chi connectivity index (χ0v) is 17.1. The first-order valence-corrected chi connectivity index (χ1v) is 10.2. The van der Waals surface area contributed by atoms with Crippen molar-refractivity contribution in [3.05, 3.63) is 59.7 Å². The fourth-order valence-electron chi connectivity index (χ4n) is 4.20. The Morgan fingerprint density at radius 2 is 2.20 bits per heavy atom. The van der Waals surface area contributed by atoms with Gasteiger partial charge in [-0.25, -0.2) is 9.37 Å². The van der Waals surface area contributed by atoms with Gasteiger partial charge in [-0.2, -0.15) is 0 Å². The first-order valence-electron chi connectivity index (χ1n) is 10.2. The van der Waals surface area contributed by atoms with Crippen molar-refractivity contribution in [2.24, 2.45) is 11.1 Å². The maximum atomic E-state index is 13.5. The number of fused-ring (bicyclic) bond motifs is 2. The average Bonchev–Trinajstić information content (AvgIpc) is 3.13. The monoisotopic (exact) mass is 411 g/mol. The zero-order valence-electron chi connectivity index (χ0n) is 17.1. The molecule has 0 unspecified atom stereocenters. The van der Waals surface area contributed by atoms with Crippen molar-refractivity contribution in [1.29, 1.82) is 0 Å². The minimum absolute atomic E-state index is 0.0807. The molecule has 0 bridgehead atoms. The van der Waals surface area contributed by atoms with Crippen LogP contribution in [-0.2, 0) is 11.3 Å². The number of ether oxygens (including phenoxy) is 1. The van der Waals surface area contributed by atoms with Gasteiger partial charge >= 0.3 is 0 Å². The molecule has 30 heavy (non-hydrogen) atoms. The fraction of sp³-hybridized carbons (Fsp3) is 0.391. The maximum Gasteiger partial charge on any atom is 0.126 e. The molecule has 0 saturated carbocycles. The lowest BCUT2D eigenvalue weighted by Crippen LogP contribution is -2.47. The van der Waals surface area contributed by atoms with Crippen LogP contribution in [0.5, 0.6) is 5.75 Å². The molecule has 0 spiro atoms. The third-order valence-electron chi connectivity index (χ3n) is 5.50. The van der Waals surface area contributed by atoms with E-state index < -0.39 is 5.60 Å². The molecule has 0 fully saturated rings. The van der Waals surface area contributed by atoms with Crippen LogP contribution in [0.1, 0.15) is 37.6 Å². The normalized spacial score (nSPS) is 21.2. The smallest absolute Gasteiger partial charge is 0.126 e. The summed E-state index contributed by atoms with van der Waals surface area (Å²) >= 11 is 0. The van der Waals surface area contributed by atoms with Gasteiger partial charge in [-0.3, -0.25) is 0 Å². The van der Waals surface area contributed by atoms with E-state index >= 15 is 0 Å². The van der Waals surface area contributed by atoms with E-state index in [1.807, 2.05) is 38.1 Å². The molecule has 1 aliphatic heterocycles. The van der Waals surface area contributed by atoms with Gasteiger partial charge in [-0.05, 0) is 24.1 Å². The highest BCUT2D eigenvalue weighted by atomic mass is 19.1. The molecular weight excluding hydrogens is 385 g/mol. The highest BCUT2D eigenvalue weighted by Crippen LogP contribution is 2.45. The Morgan fingerprint density at radius 3 is 3.00 bits per heavy atom. The molecule has 0 aliphatic carbocycles. The molecule has 3 aromatic rings. The van der Waals surface area contributed by atoms with Gasteiger partial charge in [0.2, 0.25) is 0 Å². The van der Waals surface area contributed by atoms with Gasteiger partial charge in [0, 0.05) is 36.6 Å². The Morgan fingerprint density at radius 1 is 1.37 bits per heavy atom. The number of nitrogens with one attached hydrogen (secondary N) is 1. The summed E-state index contributed by atoms with van der Waals surface area (Å²) in [6, 6.07) is 12.3. The summed E-state index contributed by atoms with van der Waals surface area (Å²) in [6.45, 7) is 4.53. The number of imidazole rings is 1. The zero-order chi connectivity index (χ0) is 21.1. The molecule has 0 saturated heterocycles. The van der Waals surface area contributed by atoms with Crippen LogP contribution in [0.25, 0.3) is 11.0 Å². The molecule has 2 heterocycles. The minimum Gasteiger partial charge on any atom is -0.490 e. The summed E-state index contributed by atoms with van der Waals surface area (Å²) in [5.41, 5.74) is 1.61. The lowest BCUT2D eigenvalue weighted by molar-refractivity contribution is -0.0481. The second kappa shape index (κ2) is 8.44. The number of hydrogen-bond acceptors (Lipinski definition) is 5. The number of nitrogens with zero attached hydrogens (tertiary/aromatic N) is 2. The van der Waals surface area contributed by atoms with E-state index in [0.29, 0.717) is 18.8 Å². The third kappa shape index (κ3) is 4.16. The Hall–Kier alpha value is -2.93. The van der Waals surface area contributed by atoms with Crippen molar-refractivity contribution in [3.63, 3.8) is 0 Å². The summed E-state index contributed by atoms with van der Waals surface area (Å²) in [4.78, 5) is 13.1. The van der Waals surface area contributed by atoms with Gasteiger partial charge in [-0.1, -0.05) is 37.2 Å². The molecule has 0 radical (unpaired) electrons. The van der Waals surface area contributed by atoms with E-state index in [1.165, 1.54) is 12.1 Å². The van der Waals surface area contributed by atoms with Gasteiger partial charge in [-0.15, -0.1) is 0 Å². The van der Waals surface area contributed by atoms with E-state index in [-0.39, 0.29) is 30.7 Å². The summed E-state index contributed by atoms with van der Waals surface area (Å²) < 4.78 is 19.2. The van der Waals surface area contributed by atoms with Crippen LogP contribution in [0, 0.1) is 11.7 Å². The highest BCUT2D eigenvalue weighted by Gasteiger charge is 2.44. The highest BCUT2D eigenvalue weighted by molar-refractivity contribution is 5.74. The van der Waals surface area contributed by atoms with E-state index in [1.54, 1.807) is 12.3 Å². The van der Waals surface area contributed by atoms with Crippen LogP contribution in [0.15, 0.2) is 47.6 Å². The quantitative estimate of drug-likeness (QED) is 0.347. The molecule has 1 aliphatic rings. The molecule has 2 aromatic carbocycles. The van der Waals surface area contributed by atoms with Crippen molar-refractivity contribution in [2.75, 3.05) is 13.2 Å². The summed E-state index contributed by atoms with van der Waals surface area (Å²) in [6.07, 6.45) is 2.45. The van der Waals surface area contributed by atoms with Crippen molar-refractivity contribution in [3.8, 4) is 5.75 Å². The predicted octanol–water partition coefficient (Wildman–Crippen LogP) is 4.20. The molecule has 2 N–H and O–H groups in total. The van der Waals surface area contributed by atoms with E-state index in [2.05, 4.69) is 15.1 Å². The van der Waals surface area contributed by atoms with Gasteiger partial charge < -0.3 is 19.7 Å². The number of aliphatic hydroxyl groups is 1. The molecule has 2 atom stereocenters. The van der Waals surface area contributed by atoms with Gasteiger partial charge in [0.05, 0.1) is 11.0 Å². The van der Waals surface area contributed by atoms with Crippen LogP contribution < -0.4 is 4.74 Å². The van der Waals surface area contributed by atoms with Crippen molar-refractivity contribution in [1.82, 2.24) is 9.97 Å². The number of para-hydroxylation sites is 2. The second-order valence-electron chi connectivity index (χ2n) is 8.07. The first kappa shape index (κ1) is 20.3. The Balaban J connectivity index is 1.34. The van der Waals surface area contributed by atoms with E-state index in [0.717, 1.165) is 22.4 Å². The number of rotatable bonds is 7. The summed E-state index contributed by atoms with van der Waals surface area (Å²) in [7, 11) is 0. The second-order valence-corrected chi connectivity index (χ2v) is 8.07. The predicted molar refractivity (Wildman–Crippen MR) is 113 cm³/mol. The Kier molecular flexibility index (Phi) is 5.72. The standard InChI is InChI=1S/C23H26FN3O3/c1-15(2)22-17-8-7-16(24)13-20(17)29-14-23(22,28)10-11-25-30-12-9-21-26-18-5-3-4-6-19(18)27-21/h3-8,11,13,15,22,28H,9-10,12,14H2,1-2H3,(H,26,27)/t22-,23+/m0/s1. The van der Waals surface area contributed by atoms with Crippen molar-refractivity contribution in [2.45, 2.75) is 38.2 Å². The molecule has 7 heteroatoms. The van der Waals surface area contributed by atoms with Crippen molar-refractivity contribution >= 4 is 17.2 Å². The van der Waals surface area contributed by atoms with Crippen LogP contribution in [0.2, 0.25) is 0 Å². The van der Waals surface area contributed by atoms with Crippen molar-refractivity contribution < 1.29 is 19.1 Å². The number of aromatic amines is 1. The number of H-pyrrole nitrogens is 1. The molecule has 4 rings (SSSR count). The summed E-state index contributed by atoms with van der Waals surface area (Å²) in [5.74, 6) is 0.947. The number of halogens is 1. The van der Waals surface area contributed by atoms with Gasteiger partial charge in [0.25, 0.3) is 0 Å². The number of benzene rings is 2.